The highest BCUT2D eigenvalue weighted by Crippen LogP contribution is 2.19. The number of morpholine rings is 2. The van der Waals surface area contributed by atoms with Crippen LogP contribution in [0.15, 0.2) is 11.8 Å². The molecule has 0 radical (unpaired) electrons. The first-order chi connectivity index (χ1) is 18.3. The number of ether oxygens (including phenoxy) is 4. The van der Waals surface area contributed by atoms with Gasteiger partial charge in [-0.25, -0.2) is 9.59 Å². The van der Waals surface area contributed by atoms with Gasteiger partial charge in [-0.05, 0) is 47.6 Å². The van der Waals surface area contributed by atoms with E-state index in [9.17, 15) is 14.4 Å². The van der Waals surface area contributed by atoms with E-state index in [1.807, 2.05) is 41.5 Å². The Hall–Kier alpha value is -2.37. The topological polar surface area (TPSA) is 110 Å². The third kappa shape index (κ3) is 14.0. The number of hydrogen-bond donors (Lipinski definition) is 1. The van der Waals surface area contributed by atoms with Crippen LogP contribution in [0.3, 0.4) is 0 Å². The molecule has 4 rings (SSSR count). The minimum atomic E-state index is -0.460. The predicted octanol–water partition coefficient (Wildman–Crippen LogP) is 3.04. The molecule has 2 amide bonds. The normalized spacial score (nSPS) is 20.5. The van der Waals surface area contributed by atoms with Crippen molar-refractivity contribution < 1.29 is 33.3 Å². The van der Waals surface area contributed by atoms with Crippen molar-refractivity contribution >= 4 is 18.0 Å². The van der Waals surface area contributed by atoms with E-state index in [4.69, 9.17) is 18.9 Å². The number of nitrogens with zero attached hydrogens (tertiary/aromatic N) is 3. The Labute approximate surface area is 234 Å². The lowest BCUT2D eigenvalue weighted by Crippen LogP contribution is -2.42. The average molecular weight is 555 g/mol. The van der Waals surface area contributed by atoms with Gasteiger partial charge in [0.1, 0.15) is 17.0 Å². The standard InChI is InChI=1S/C14H24N2O3.C10H17NO3.C4H9NO/c1-14(2,3)19-13(17)16-6-4-12(5-7-16)15-8-10-18-11-9-15;1-10(2,3)14-9(13)11-6-4-8(12)5-7-11;1-3-6-4-2-5-1/h4H,5-11H2,1-3H3;4-7H2,1-3H3;5H,1-4H2. The number of Topliss-reactive ketones (excluding diaryl/α,β-unsaturated/α-hetero) is 1. The maximum absolute atomic E-state index is 11.9. The lowest BCUT2D eigenvalue weighted by molar-refractivity contribution is -0.121. The molecule has 0 aromatic heterocycles. The van der Waals surface area contributed by atoms with Gasteiger partial charge in [0.25, 0.3) is 0 Å². The van der Waals surface area contributed by atoms with Crippen molar-refractivity contribution in [3.05, 3.63) is 11.8 Å². The smallest absolute Gasteiger partial charge is 0.410 e. The van der Waals surface area contributed by atoms with E-state index < -0.39 is 11.2 Å². The number of rotatable bonds is 1. The first-order valence-electron chi connectivity index (χ1n) is 14.1. The van der Waals surface area contributed by atoms with Crippen LogP contribution in [0.2, 0.25) is 0 Å². The molecule has 0 saturated carbocycles. The molecule has 3 saturated heterocycles. The largest absolute Gasteiger partial charge is 0.444 e. The van der Waals surface area contributed by atoms with Gasteiger partial charge in [0.2, 0.25) is 0 Å². The molecule has 0 aromatic rings. The van der Waals surface area contributed by atoms with Crippen LogP contribution in [0, 0.1) is 0 Å². The summed E-state index contributed by atoms with van der Waals surface area (Å²) in [6, 6.07) is 0. The van der Waals surface area contributed by atoms with Crippen molar-refractivity contribution in [1.29, 1.82) is 0 Å². The summed E-state index contributed by atoms with van der Waals surface area (Å²) in [4.78, 5) is 40.1. The number of amides is 2. The number of likely N-dealkylation sites (tertiary alicyclic amines) is 1. The van der Waals surface area contributed by atoms with Crippen LogP contribution in [-0.4, -0.2) is 123 Å². The Kier molecular flexibility index (Phi) is 13.5. The van der Waals surface area contributed by atoms with Crippen LogP contribution in [0.25, 0.3) is 0 Å². The molecule has 0 aliphatic carbocycles. The highest BCUT2D eigenvalue weighted by molar-refractivity contribution is 5.81. The van der Waals surface area contributed by atoms with E-state index >= 15 is 0 Å². The van der Waals surface area contributed by atoms with Crippen molar-refractivity contribution in [3.63, 3.8) is 0 Å². The lowest BCUT2D eigenvalue weighted by Gasteiger charge is -2.35. The van der Waals surface area contributed by atoms with Crippen LogP contribution in [-0.2, 0) is 23.7 Å². The number of hydrogen-bond acceptors (Lipinski definition) is 9. The maximum Gasteiger partial charge on any atom is 0.410 e. The number of piperidine rings is 1. The molecular formula is C28H50N4O7. The minimum absolute atomic E-state index is 0.218. The van der Waals surface area contributed by atoms with Crippen molar-refractivity contribution in [2.75, 3.05) is 78.8 Å². The molecule has 4 aliphatic heterocycles. The monoisotopic (exact) mass is 554 g/mol. The SMILES string of the molecule is C1COCCN1.CC(C)(C)OC(=O)N1CC=C(N2CCOCC2)CC1.CC(C)(C)OC(=O)N1CCC(=O)CC1. The summed E-state index contributed by atoms with van der Waals surface area (Å²) in [5.74, 6) is 0.227. The summed E-state index contributed by atoms with van der Waals surface area (Å²) in [5, 5.41) is 3.16. The fourth-order valence-electron chi connectivity index (χ4n) is 4.07. The van der Waals surface area contributed by atoms with Crippen LogP contribution >= 0.6 is 0 Å². The quantitative estimate of drug-likeness (QED) is 0.523. The van der Waals surface area contributed by atoms with Gasteiger partial charge in [-0.15, -0.1) is 0 Å². The van der Waals surface area contributed by atoms with Crippen molar-refractivity contribution in [1.82, 2.24) is 20.0 Å². The van der Waals surface area contributed by atoms with E-state index in [0.717, 1.165) is 65.6 Å². The Morgan fingerprint density at radius 3 is 1.64 bits per heavy atom. The van der Waals surface area contributed by atoms with E-state index in [1.165, 1.54) is 5.70 Å². The van der Waals surface area contributed by atoms with E-state index in [1.54, 1.807) is 9.80 Å². The number of ketones is 1. The van der Waals surface area contributed by atoms with Gasteiger partial charge in [-0.2, -0.15) is 0 Å². The summed E-state index contributed by atoms with van der Waals surface area (Å²) in [7, 11) is 0. The van der Waals surface area contributed by atoms with E-state index in [2.05, 4.69) is 16.3 Å². The van der Waals surface area contributed by atoms with Gasteiger partial charge in [-0.3, -0.25) is 4.79 Å². The Morgan fingerprint density at radius 1 is 0.744 bits per heavy atom. The number of carbonyl (C=O) groups is 3. The molecule has 0 atom stereocenters. The minimum Gasteiger partial charge on any atom is -0.444 e. The molecule has 0 spiro atoms. The average Bonchev–Trinajstić information content (AvgIpc) is 2.89. The fourth-order valence-corrected chi connectivity index (χ4v) is 4.07. The van der Waals surface area contributed by atoms with Gasteiger partial charge < -0.3 is 39.0 Å². The summed E-state index contributed by atoms with van der Waals surface area (Å²) in [5.41, 5.74) is 0.451. The Morgan fingerprint density at radius 2 is 1.23 bits per heavy atom. The molecule has 3 fully saturated rings. The molecule has 4 aliphatic rings. The number of nitrogens with one attached hydrogen (secondary N) is 1. The highest BCUT2D eigenvalue weighted by Gasteiger charge is 2.26. The molecule has 1 N–H and O–H groups in total. The van der Waals surface area contributed by atoms with E-state index in [0.29, 0.717) is 32.5 Å². The summed E-state index contributed by atoms with van der Waals surface area (Å²) < 4.78 is 20.9. The predicted molar refractivity (Wildman–Crippen MR) is 149 cm³/mol. The zero-order chi connectivity index (χ0) is 28.9. The second-order valence-electron chi connectivity index (χ2n) is 11.8. The molecule has 0 aromatic carbocycles. The first kappa shape index (κ1) is 32.8. The van der Waals surface area contributed by atoms with Crippen LogP contribution < -0.4 is 5.32 Å². The van der Waals surface area contributed by atoms with Crippen LogP contribution in [0.1, 0.15) is 60.8 Å². The van der Waals surface area contributed by atoms with E-state index in [-0.39, 0.29) is 18.0 Å². The lowest BCUT2D eigenvalue weighted by atomic mass is 10.1. The number of carbonyl (C=O) groups excluding carboxylic acids is 3. The second kappa shape index (κ2) is 16.0. The Balaban J connectivity index is 0.000000232. The molecule has 0 bridgehead atoms. The third-order valence-electron chi connectivity index (χ3n) is 6.07. The summed E-state index contributed by atoms with van der Waals surface area (Å²) >= 11 is 0. The zero-order valence-electron chi connectivity index (χ0n) is 24.9. The molecule has 4 heterocycles. The first-order valence-corrected chi connectivity index (χ1v) is 14.1. The maximum atomic E-state index is 11.9. The van der Waals surface area contributed by atoms with Crippen molar-refractivity contribution in [3.8, 4) is 0 Å². The molecule has 224 valence electrons. The molecule has 11 nitrogen and oxygen atoms in total. The van der Waals surface area contributed by atoms with Gasteiger partial charge >= 0.3 is 12.2 Å². The fraction of sp³-hybridized carbons (Fsp3) is 0.821. The molecular weight excluding hydrogens is 504 g/mol. The molecule has 39 heavy (non-hydrogen) atoms. The molecule has 11 heteroatoms. The highest BCUT2D eigenvalue weighted by atomic mass is 16.6. The zero-order valence-corrected chi connectivity index (χ0v) is 24.9. The van der Waals surface area contributed by atoms with Gasteiger partial charge in [0.15, 0.2) is 0 Å². The van der Waals surface area contributed by atoms with Gasteiger partial charge in [-0.1, -0.05) is 0 Å². The van der Waals surface area contributed by atoms with Crippen molar-refractivity contribution in [2.24, 2.45) is 0 Å². The van der Waals surface area contributed by atoms with Crippen molar-refractivity contribution in [2.45, 2.75) is 72.0 Å². The molecule has 0 unspecified atom stereocenters. The summed E-state index contributed by atoms with van der Waals surface area (Å²) in [6.45, 7) is 20.9. The Bertz CT molecular complexity index is 788. The summed E-state index contributed by atoms with van der Waals surface area (Å²) in [6.07, 6.45) is 3.42. The van der Waals surface area contributed by atoms with Crippen LogP contribution in [0.4, 0.5) is 9.59 Å². The van der Waals surface area contributed by atoms with Gasteiger partial charge in [0, 0.05) is 77.3 Å². The third-order valence-corrected chi connectivity index (χ3v) is 6.07. The van der Waals surface area contributed by atoms with Gasteiger partial charge in [0.05, 0.1) is 26.4 Å². The van der Waals surface area contributed by atoms with Crippen LogP contribution in [0.5, 0.6) is 0 Å². The second-order valence-corrected chi connectivity index (χ2v) is 11.8.